The number of hydrogen-bond acceptors (Lipinski definition) is 5. The second kappa shape index (κ2) is 9.41. The molecule has 1 aliphatic heterocycles. The van der Waals surface area contributed by atoms with Crippen molar-refractivity contribution in [3.8, 4) is 0 Å². The lowest BCUT2D eigenvalue weighted by molar-refractivity contribution is 0.102. The lowest BCUT2D eigenvalue weighted by Gasteiger charge is -2.36. The summed E-state index contributed by atoms with van der Waals surface area (Å²) in [6.07, 6.45) is 1.75. The molecular weight excluding hydrogens is 384 g/mol. The van der Waals surface area contributed by atoms with Crippen LogP contribution in [0.2, 0.25) is 0 Å². The van der Waals surface area contributed by atoms with Crippen molar-refractivity contribution in [1.82, 2.24) is 19.4 Å². The van der Waals surface area contributed by atoms with Gasteiger partial charge in [0.25, 0.3) is 0 Å². The van der Waals surface area contributed by atoms with Crippen molar-refractivity contribution < 1.29 is 8.42 Å². The molecule has 0 spiro atoms. The molecule has 0 saturated carbocycles. The zero-order chi connectivity index (χ0) is 21.0. The minimum Gasteiger partial charge on any atom is -0.313 e. The Bertz CT molecular complexity index is 883. The van der Waals surface area contributed by atoms with E-state index < -0.39 is 9.84 Å². The lowest BCUT2D eigenvalue weighted by Crippen LogP contribution is -2.48. The quantitative estimate of drug-likeness (QED) is 0.660. The van der Waals surface area contributed by atoms with Crippen molar-refractivity contribution in [1.29, 1.82) is 0 Å². The number of hydrogen-bond donors (Lipinski definition) is 0. The number of nitrogens with zero attached hydrogens (tertiary/aromatic N) is 4. The Morgan fingerprint density at radius 3 is 2.21 bits per heavy atom. The Morgan fingerprint density at radius 1 is 0.966 bits per heavy atom. The van der Waals surface area contributed by atoms with E-state index in [9.17, 15) is 8.42 Å². The van der Waals surface area contributed by atoms with Crippen LogP contribution in [-0.4, -0.2) is 65.7 Å². The Labute approximate surface area is 175 Å². The van der Waals surface area contributed by atoms with Crippen LogP contribution in [0.15, 0.2) is 41.7 Å². The molecule has 1 aromatic heterocycles. The summed E-state index contributed by atoms with van der Waals surface area (Å²) in [7, 11) is -3.43. The van der Waals surface area contributed by atoms with Gasteiger partial charge in [0, 0.05) is 38.8 Å². The summed E-state index contributed by atoms with van der Waals surface area (Å²) < 4.78 is 27.9. The Balaban J connectivity index is 1.85. The van der Waals surface area contributed by atoms with Crippen molar-refractivity contribution in [3.63, 3.8) is 0 Å². The normalized spacial score (nSPS) is 16.8. The molecule has 7 heteroatoms. The third-order valence-electron chi connectivity index (χ3n) is 5.44. The van der Waals surface area contributed by atoms with Crippen LogP contribution in [0.5, 0.6) is 0 Å². The number of imidazole rings is 1. The fourth-order valence-corrected chi connectivity index (χ4v) is 5.64. The average Bonchev–Trinajstić information content (AvgIpc) is 3.05. The number of benzene rings is 1. The van der Waals surface area contributed by atoms with E-state index >= 15 is 0 Å². The largest absolute Gasteiger partial charge is 0.313 e. The van der Waals surface area contributed by atoms with Gasteiger partial charge in [0.2, 0.25) is 15.0 Å². The standard InChI is InChI=1S/C22H34N4O2S/c1-18(2)17-29(27,28)22-23-14-21(26(22)15-20-8-6-5-7-9-20)16-24-10-12-25(13-11-24)19(3)4/h5-9,14,18-19H,10-13,15-17H2,1-4H3. The molecule has 2 heterocycles. The topological polar surface area (TPSA) is 58.4 Å². The molecule has 1 saturated heterocycles. The molecule has 29 heavy (non-hydrogen) atoms. The summed E-state index contributed by atoms with van der Waals surface area (Å²) in [5.74, 6) is 0.181. The Morgan fingerprint density at radius 2 is 1.62 bits per heavy atom. The van der Waals surface area contributed by atoms with Gasteiger partial charge in [-0.3, -0.25) is 9.80 Å². The van der Waals surface area contributed by atoms with Gasteiger partial charge in [-0.15, -0.1) is 0 Å². The SMILES string of the molecule is CC(C)CS(=O)(=O)c1ncc(CN2CCN(C(C)C)CC2)n1Cc1ccccc1. The molecule has 1 fully saturated rings. The molecule has 160 valence electrons. The molecule has 0 bridgehead atoms. The van der Waals surface area contributed by atoms with E-state index in [0.29, 0.717) is 12.6 Å². The monoisotopic (exact) mass is 418 g/mol. The molecule has 1 aliphatic rings. The number of piperazine rings is 1. The van der Waals surface area contributed by atoms with Gasteiger partial charge in [0.05, 0.1) is 24.2 Å². The average molecular weight is 419 g/mol. The molecule has 6 nitrogen and oxygen atoms in total. The first-order chi connectivity index (χ1) is 13.8. The Hall–Kier alpha value is -1.70. The first-order valence-corrected chi connectivity index (χ1v) is 12.2. The van der Waals surface area contributed by atoms with Crippen LogP contribution in [0.3, 0.4) is 0 Å². The summed E-state index contributed by atoms with van der Waals surface area (Å²) in [5, 5.41) is 0.200. The van der Waals surface area contributed by atoms with Gasteiger partial charge in [0.15, 0.2) is 0 Å². The zero-order valence-corrected chi connectivity index (χ0v) is 18.9. The number of aromatic nitrogens is 2. The molecule has 0 unspecified atom stereocenters. The summed E-state index contributed by atoms with van der Waals surface area (Å²) >= 11 is 0. The second-order valence-electron chi connectivity index (χ2n) is 8.68. The maximum Gasteiger partial charge on any atom is 0.228 e. The van der Waals surface area contributed by atoms with Gasteiger partial charge in [0.1, 0.15) is 0 Å². The van der Waals surface area contributed by atoms with Crippen LogP contribution in [0, 0.1) is 5.92 Å². The highest BCUT2D eigenvalue weighted by Gasteiger charge is 2.26. The highest BCUT2D eigenvalue weighted by Crippen LogP contribution is 2.20. The van der Waals surface area contributed by atoms with Crippen LogP contribution in [0.4, 0.5) is 0 Å². The number of sulfone groups is 1. The van der Waals surface area contributed by atoms with Crippen molar-refractivity contribution in [2.75, 3.05) is 31.9 Å². The molecule has 0 N–H and O–H groups in total. The van der Waals surface area contributed by atoms with E-state index in [-0.39, 0.29) is 16.8 Å². The van der Waals surface area contributed by atoms with E-state index in [4.69, 9.17) is 0 Å². The maximum atomic E-state index is 13.0. The van der Waals surface area contributed by atoms with E-state index in [1.165, 1.54) is 0 Å². The van der Waals surface area contributed by atoms with Crippen molar-refractivity contribution in [3.05, 3.63) is 47.8 Å². The van der Waals surface area contributed by atoms with Crippen molar-refractivity contribution in [2.24, 2.45) is 5.92 Å². The van der Waals surface area contributed by atoms with E-state index in [1.54, 1.807) is 6.20 Å². The first-order valence-electron chi connectivity index (χ1n) is 10.5. The molecule has 1 aromatic carbocycles. The third-order valence-corrected chi connectivity index (χ3v) is 7.43. The van der Waals surface area contributed by atoms with Crippen LogP contribution >= 0.6 is 0 Å². The van der Waals surface area contributed by atoms with Gasteiger partial charge in [-0.1, -0.05) is 44.2 Å². The molecule has 0 radical (unpaired) electrons. The highest BCUT2D eigenvalue weighted by atomic mass is 32.2. The second-order valence-corrected chi connectivity index (χ2v) is 10.6. The summed E-state index contributed by atoms with van der Waals surface area (Å²) in [6.45, 7) is 13.6. The predicted octanol–water partition coefficient (Wildman–Crippen LogP) is 2.89. The molecular formula is C22H34N4O2S. The van der Waals surface area contributed by atoms with Crippen LogP contribution in [0.25, 0.3) is 0 Å². The summed E-state index contributed by atoms with van der Waals surface area (Å²) in [4.78, 5) is 9.27. The fraction of sp³-hybridized carbons (Fsp3) is 0.591. The molecule has 0 amide bonds. The van der Waals surface area contributed by atoms with Crippen molar-refractivity contribution >= 4 is 9.84 Å². The van der Waals surface area contributed by atoms with E-state index in [2.05, 4.69) is 28.6 Å². The first kappa shape index (κ1) is 22.0. The minimum absolute atomic E-state index is 0.0643. The number of rotatable bonds is 8. The summed E-state index contributed by atoms with van der Waals surface area (Å²) in [6, 6.07) is 10.6. The summed E-state index contributed by atoms with van der Waals surface area (Å²) in [5.41, 5.74) is 2.05. The van der Waals surface area contributed by atoms with Crippen LogP contribution in [0.1, 0.15) is 39.0 Å². The molecule has 2 aromatic rings. The molecule has 0 atom stereocenters. The van der Waals surface area contributed by atoms with E-state index in [1.807, 2.05) is 48.7 Å². The maximum absolute atomic E-state index is 13.0. The van der Waals surface area contributed by atoms with Gasteiger partial charge in [-0.2, -0.15) is 0 Å². The molecule has 3 rings (SSSR count). The van der Waals surface area contributed by atoms with Gasteiger partial charge >= 0.3 is 0 Å². The predicted molar refractivity (Wildman–Crippen MR) is 117 cm³/mol. The molecule has 0 aliphatic carbocycles. The Kier molecular flexibility index (Phi) is 7.14. The highest BCUT2D eigenvalue weighted by molar-refractivity contribution is 7.91. The van der Waals surface area contributed by atoms with Crippen LogP contribution < -0.4 is 0 Å². The fourth-order valence-electron chi connectivity index (χ4n) is 3.88. The smallest absolute Gasteiger partial charge is 0.228 e. The van der Waals surface area contributed by atoms with Gasteiger partial charge in [-0.05, 0) is 25.3 Å². The van der Waals surface area contributed by atoms with E-state index in [0.717, 1.165) is 44.0 Å². The van der Waals surface area contributed by atoms with Gasteiger partial charge < -0.3 is 4.57 Å². The zero-order valence-electron chi connectivity index (χ0n) is 18.1. The van der Waals surface area contributed by atoms with Crippen molar-refractivity contribution in [2.45, 2.75) is 52.0 Å². The third kappa shape index (κ3) is 5.68. The van der Waals surface area contributed by atoms with Gasteiger partial charge in [-0.25, -0.2) is 13.4 Å². The lowest BCUT2D eigenvalue weighted by atomic mass is 10.2. The minimum atomic E-state index is -3.43. The van der Waals surface area contributed by atoms with Crippen LogP contribution in [-0.2, 0) is 22.9 Å².